The van der Waals surface area contributed by atoms with E-state index in [9.17, 15) is 0 Å². The molecular weight excluding hydrogens is 196 g/mol. The lowest BCUT2D eigenvalue weighted by Crippen LogP contribution is -1.95. The maximum Gasteiger partial charge on any atom is 0.159 e. The lowest BCUT2D eigenvalue weighted by atomic mass is 9.98. The molecule has 0 radical (unpaired) electrons. The fourth-order valence-corrected chi connectivity index (χ4v) is 1.73. The second-order valence-electron chi connectivity index (χ2n) is 4.26. The SMILES string of the molecule is Cc1cnc(-c2ccc(C)c(C)c2C)nc1. The summed E-state index contributed by atoms with van der Waals surface area (Å²) in [6, 6.07) is 4.23. The molecule has 0 unspecified atom stereocenters. The van der Waals surface area contributed by atoms with E-state index in [1.54, 1.807) is 0 Å². The molecule has 16 heavy (non-hydrogen) atoms. The van der Waals surface area contributed by atoms with Crippen molar-refractivity contribution in [3.8, 4) is 11.4 Å². The number of aryl methyl sites for hydroxylation is 2. The van der Waals surface area contributed by atoms with E-state index in [1.165, 1.54) is 16.7 Å². The first-order chi connectivity index (χ1) is 7.59. The van der Waals surface area contributed by atoms with Crippen molar-refractivity contribution in [1.29, 1.82) is 0 Å². The molecular formula is C14H16N2. The normalized spacial score (nSPS) is 10.5. The molecule has 2 nitrogen and oxygen atoms in total. The van der Waals surface area contributed by atoms with E-state index >= 15 is 0 Å². The average Bonchev–Trinajstić information content (AvgIpc) is 2.28. The predicted molar refractivity (Wildman–Crippen MR) is 66.4 cm³/mol. The smallest absolute Gasteiger partial charge is 0.159 e. The van der Waals surface area contributed by atoms with Gasteiger partial charge in [0.2, 0.25) is 0 Å². The number of hydrogen-bond acceptors (Lipinski definition) is 2. The molecule has 0 amide bonds. The standard InChI is InChI=1S/C14H16N2/c1-9-7-15-14(16-8-9)13-6-5-10(2)11(3)12(13)4/h5-8H,1-4H3. The van der Waals surface area contributed by atoms with Crippen LogP contribution in [0.5, 0.6) is 0 Å². The van der Waals surface area contributed by atoms with Gasteiger partial charge in [-0.2, -0.15) is 0 Å². The summed E-state index contributed by atoms with van der Waals surface area (Å²) in [5.41, 5.74) is 6.12. The molecule has 1 aromatic heterocycles. The molecule has 0 aliphatic carbocycles. The molecule has 2 heteroatoms. The van der Waals surface area contributed by atoms with Crippen molar-refractivity contribution in [3.63, 3.8) is 0 Å². The Bertz CT molecular complexity index is 513. The summed E-state index contributed by atoms with van der Waals surface area (Å²) in [5.74, 6) is 0.811. The van der Waals surface area contributed by atoms with E-state index in [1.807, 2.05) is 19.3 Å². The van der Waals surface area contributed by atoms with Crippen LogP contribution in [0.3, 0.4) is 0 Å². The van der Waals surface area contributed by atoms with Crippen LogP contribution in [-0.2, 0) is 0 Å². The Morgan fingerprint density at radius 3 is 2.06 bits per heavy atom. The van der Waals surface area contributed by atoms with Gasteiger partial charge in [0.05, 0.1) is 0 Å². The average molecular weight is 212 g/mol. The third-order valence-electron chi connectivity index (χ3n) is 3.08. The predicted octanol–water partition coefficient (Wildman–Crippen LogP) is 3.38. The molecule has 0 aliphatic heterocycles. The lowest BCUT2D eigenvalue weighted by Gasteiger charge is -2.09. The zero-order valence-electron chi connectivity index (χ0n) is 10.2. The van der Waals surface area contributed by atoms with Gasteiger partial charge in [-0.3, -0.25) is 0 Å². The minimum absolute atomic E-state index is 0.811. The summed E-state index contributed by atoms with van der Waals surface area (Å²) in [5, 5.41) is 0. The fraction of sp³-hybridized carbons (Fsp3) is 0.286. The van der Waals surface area contributed by atoms with Crippen molar-refractivity contribution >= 4 is 0 Å². The van der Waals surface area contributed by atoms with Crippen LogP contribution >= 0.6 is 0 Å². The molecule has 0 aliphatic rings. The van der Waals surface area contributed by atoms with Crippen LogP contribution in [0.15, 0.2) is 24.5 Å². The second-order valence-corrected chi connectivity index (χ2v) is 4.26. The largest absolute Gasteiger partial charge is 0.236 e. The van der Waals surface area contributed by atoms with E-state index in [0.29, 0.717) is 0 Å². The molecule has 0 fully saturated rings. The number of hydrogen-bond donors (Lipinski definition) is 0. The molecule has 0 saturated heterocycles. The Hall–Kier alpha value is -1.70. The fourth-order valence-electron chi connectivity index (χ4n) is 1.73. The Labute approximate surface area is 96.4 Å². The number of rotatable bonds is 1. The summed E-state index contributed by atoms with van der Waals surface area (Å²) in [7, 11) is 0. The van der Waals surface area contributed by atoms with Crippen molar-refractivity contribution in [2.24, 2.45) is 0 Å². The molecule has 82 valence electrons. The van der Waals surface area contributed by atoms with Crippen molar-refractivity contribution in [2.45, 2.75) is 27.7 Å². The summed E-state index contributed by atoms with van der Waals surface area (Å²) < 4.78 is 0. The van der Waals surface area contributed by atoms with Gasteiger partial charge in [-0.25, -0.2) is 9.97 Å². The van der Waals surface area contributed by atoms with Crippen molar-refractivity contribution in [1.82, 2.24) is 9.97 Å². The summed E-state index contributed by atoms with van der Waals surface area (Å²) in [4.78, 5) is 8.74. The van der Waals surface area contributed by atoms with Gasteiger partial charge in [-0.05, 0) is 49.9 Å². The molecule has 2 rings (SSSR count). The lowest BCUT2D eigenvalue weighted by molar-refractivity contribution is 1.12. The molecule has 0 spiro atoms. The Morgan fingerprint density at radius 2 is 1.44 bits per heavy atom. The van der Waals surface area contributed by atoms with Gasteiger partial charge in [0.1, 0.15) is 0 Å². The highest BCUT2D eigenvalue weighted by Gasteiger charge is 2.07. The van der Waals surface area contributed by atoms with Gasteiger partial charge < -0.3 is 0 Å². The number of aromatic nitrogens is 2. The molecule has 0 bridgehead atoms. The third kappa shape index (κ3) is 1.83. The van der Waals surface area contributed by atoms with Crippen LogP contribution in [-0.4, -0.2) is 9.97 Å². The molecule has 1 aromatic carbocycles. The zero-order chi connectivity index (χ0) is 11.7. The molecule has 2 aromatic rings. The maximum absolute atomic E-state index is 4.37. The highest BCUT2D eigenvalue weighted by molar-refractivity contribution is 5.62. The van der Waals surface area contributed by atoms with Crippen molar-refractivity contribution in [3.05, 3.63) is 46.8 Å². The van der Waals surface area contributed by atoms with Gasteiger partial charge in [0, 0.05) is 18.0 Å². The summed E-state index contributed by atoms with van der Waals surface area (Å²) in [6.07, 6.45) is 3.72. The Morgan fingerprint density at radius 1 is 0.812 bits per heavy atom. The first-order valence-electron chi connectivity index (χ1n) is 5.45. The number of benzene rings is 1. The third-order valence-corrected chi connectivity index (χ3v) is 3.08. The van der Waals surface area contributed by atoms with Crippen LogP contribution in [0, 0.1) is 27.7 Å². The van der Waals surface area contributed by atoms with Crippen LogP contribution in [0.25, 0.3) is 11.4 Å². The monoisotopic (exact) mass is 212 g/mol. The summed E-state index contributed by atoms with van der Waals surface area (Å²) in [6.45, 7) is 8.39. The molecule has 0 atom stereocenters. The van der Waals surface area contributed by atoms with Crippen molar-refractivity contribution < 1.29 is 0 Å². The minimum atomic E-state index is 0.811. The van der Waals surface area contributed by atoms with Crippen LogP contribution < -0.4 is 0 Å². The van der Waals surface area contributed by atoms with Crippen LogP contribution in [0.2, 0.25) is 0 Å². The van der Waals surface area contributed by atoms with E-state index in [4.69, 9.17) is 0 Å². The topological polar surface area (TPSA) is 25.8 Å². The van der Waals surface area contributed by atoms with Crippen LogP contribution in [0.1, 0.15) is 22.3 Å². The van der Waals surface area contributed by atoms with E-state index in [-0.39, 0.29) is 0 Å². The highest BCUT2D eigenvalue weighted by Crippen LogP contribution is 2.24. The quantitative estimate of drug-likeness (QED) is 0.724. The molecule has 0 saturated carbocycles. The van der Waals surface area contributed by atoms with Crippen molar-refractivity contribution in [2.75, 3.05) is 0 Å². The van der Waals surface area contributed by atoms with Gasteiger partial charge in [0.15, 0.2) is 5.82 Å². The second kappa shape index (κ2) is 4.05. The Balaban J connectivity index is 2.57. The van der Waals surface area contributed by atoms with E-state index < -0.39 is 0 Å². The van der Waals surface area contributed by atoms with Gasteiger partial charge in [0.25, 0.3) is 0 Å². The first kappa shape index (κ1) is 10.8. The Kier molecular flexibility index (Phi) is 2.73. The highest BCUT2D eigenvalue weighted by atomic mass is 14.9. The molecule has 0 N–H and O–H groups in total. The van der Waals surface area contributed by atoms with Gasteiger partial charge in [-0.1, -0.05) is 12.1 Å². The van der Waals surface area contributed by atoms with E-state index in [2.05, 4.69) is 42.9 Å². The minimum Gasteiger partial charge on any atom is -0.236 e. The zero-order valence-corrected chi connectivity index (χ0v) is 10.2. The maximum atomic E-state index is 4.37. The molecule has 1 heterocycles. The van der Waals surface area contributed by atoms with Gasteiger partial charge in [-0.15, -0.1) is 0 Å². The first-order valence-corrected chi connectivity index (χ1v) is 5.45. The van der Waals surface area contributed by atoms with E-state index in [0.717, 1.165) is 17.0 Å². The van der Waals surface area contributed by atoms with Crippen LogP contribution in [0.4, 0.5) is 0 Å². The number of nitrogens with zero attached hydrogens (tertiary/aromatic N) is 2. The van der Waals surface area contributed by atoms with Gasteiger partial charge >= 0.3 is 0 Å². The summed E-state index contributed by atoms with van der Waals surface area (Å²) >= 11 is 0.